The van der Waals surface area contributed by atoms with Crippen LogP contribution >= 0.6 is 0 Å². The number of carbonyl (C=O) groups is 10. The number of rotatable bonds is 21. The number of hydrogen-bond acceptors (Lipinski definition) is 13. The van der Waals surface area contributed by atoms with E-state index in [0.717, 1.165) is 0 Å². The zero-order valence-electron chi connectivity index (χ0n) is 23.7. The molecular weight excluding hydrogens is 612 g/mol. The lowest BCUT2D eigenvalue weighted by molar-refractivity contribution is -0.138. The van der Waals surface area contributed by atoms with Gasteiger partial charge in [-0.1, -0.05) is 0 Å². The molecule has 0 aliphatic heterocycles. The third kappa shape index (κ3) is 19.4. The van der Waals surface area contributed by atoms with Gasteiger partial charge in [-0.05, 0) is 0 Å². The Balaban J connectivity index is 4.37. The van der Waals surface area contributed by atoms with Gasteiger partial charge in [-0.25, -0.2) is 0 Å². The predicted molar refractivity (Wildman–Crippen MR) is 146 cm³/mol. The first-order chi connectivity index (χ1) is 21.2. The molecule has 9 amide bonds. The molecule has 0 aromatic carbocycles. The van der Waals surface area contributed by atoms with Crippen molar-refractivity contribution >= 4 is 59.1 Å². The highest BCUT2D eigenvalue weighted by Crippen LogP contribution is 1.85. The van der Waals surface area contributed by atoms with Crippen LogP contribution in [-0.4, -0.2) is 152 Å². The SMILES string of the molecule is NCC(=O)NCC(=O)NCC(=O)N[C@@H](CO)C(=O)NCC(=O)NCC(=O)NCC(=O)N[C@@H](CO)C(=O)NCC(=O)NCC(=O)O. The fourth-order valence-corrected chi connectivity index (χ4v) is 2.67. The molecule has 23 heteroatoms. The molecule has 0 unspecified atom stereocenters. The van der Waals surface area contributed by atoms with Crippen molar-refractivity contribution in [2.45, 2.75) is 12.1 Å². The van der Waals surface area contributed by atoms with Crippen molar-refractivity contribution in [3.63, 3.8) is 0 Å². The van der Waals surface area contributed by atoms with Crippen LogP contribution in [0.4, 0.5) is 0 Å². The van der Waals surface area contributed by atoms with Gasteiger partial charge in [0.05, 0.1) is 59.0 Å². The van der Waals surface area contributed by atoms with Crippen LogP contribution in [0.15, 0.2) is 0 Å². The Hall–Kier alpha value is -5.42. The molecular formula is C22H36N10O13. The number of aliphatic hydroxyl groups is 2. The molecule has 0 aromatic heterocycles. The van der Waals surface area contributed by atoms with E-state index in [4.69, 9.17) is 10.8 Å². The van der Waals surface area contributed by atoms with Crippen LogP contribution in [0.2, 0.25) is 0 Å². The van der Waals surface area contributed by atoms with Crippen molar-refractivity contribution in [3.8, 4) is 0 Å². The number of nitrogens with one attached hydrogen (secondary N) is 9. The molecule has 0 aromatic rings. The van der Waals surface area contributed by atoms with Gasteiger partial charge >= 0.3 is 5.97 Å². The van der Waals surface area contributed by atoms with Gasteiger partial charge in [-0.15, -0.1) is 0 Å². The van der Waals surface area contributed by atoms with Crippen molar-refractivity contribution in [3.05, 3.63) is 0 Å². The van der Waals surface area contributed by atoms with Crippen molar-refractivity contribution < 1.29 is 63.3 Å². The maximum absolute atomic E-state index is 12.1. The molecule has 0 aliphatic rings. The maximum Gasteiger partial charge on any atom is 0.322 e. The summed E-state index contributed by atoms with van der Waals surface area (Å²) < 4.78 is 0. The first-order valence-electron chi connectivity index (χ1n) is 12.8. The Bertz CT molecular complexity index is 1120. The molecule has 0 spiro atoms. The molecule has 23 nitrogen and oxygen atoms in total. The van der Waals surface area contributed by atoms with E-state index in [0.29, 0.717) is 0 Å². The highest BCUT2D eigenvalue weighted by atomic mass is 16.4. The predicted octanol–water partition coefficient (Wildman–Crippen LogP) is -10.2. The third-order valence-electron chi connectivity index (χ3n) is 4.92. The third-order valence-corrected chi connectivity index (χ3v) is 4.92. The summed E-state index contributed by atoms with van der Waals surface area (Å²) in [7, 11) is 0. The number of aliphatic carboxylic acids is 1. The average molecular weight is 649 g/mol. The molecule has 0 saturated heterocycles. The van der Waals surface area contributed by atoms with Gasteiger partial charge in [-0.2, -0.15) is 0 Å². The van der Waals surface area contributed by atoms with Gasteiger partial charge in [-0.3, -0.25) is 47.9 Å². The number of carbonyl (C=O) groups excluding carboxylic acids is 9. The summed E-state index contributed by atoms with van der Waals surface area (Å²) in [6.45, 7) is -6.47. The molecule has 0 rings (SSSR count). The minimum atomic E-state index is -1.51. The minimum absolute atomic E-state index is 0.340. The average Bonchev–Trinajstić information content (AvgIpc) is 3.01. The molecule has 252 valence electrons. The molecule has 45 heavy (non-hydrogen) atoms. The number of carboxylic acid groups (broad SMARTS) is 1. The van der Waals surface area contributed by atoms with Gasteiger partial charge in [0, 0.05) is 0 Å². The molecule has 0 heterocycles. The second-order valence-electron chi connectivity index (χ2n) is 8.52. The van der Waals surface area contributed by atoms with E-state index in [1.165, 1.54) is 0 Å². The van der Waals surface area contributed by atoms with Gasteiger partial charge in [0.1, 0.15) is 18.6 Å². The molecule has 0 bridgehead atoms. The van der Waals surface area contributed by atoms with E-state index in [2.05, 4.69) is 42.5 Å². The topological polar surface area (TPSA) is 366 Å². The first kappa shape index (κ1) is 39.6. The standard InChI is InChI=1S/C22H36N10O13/c23-1-13(35)24-2-14(36)26-6-18(40)31-11(9-33)21(44)29-4-16(38)25-3-15(37)27-7-19(41)32-12(10-34)22(45)30-5-17(39)28-8-20(42)43/h11-12,33-34H,1-10,23H2,(H,24,35)(H,25,38)(H,26,36)(H,27,37)(H,28,39)(H,29,44)(H,30,45)(H,31,40)(H,32,41)(H,42,43)/t11-,12-/m0/s1. The van der Waals surface area contributed by atoms with Crippen LogP contribution in [-0.2, 0) is 47.9 Å². The van der Waals surface area contributed by atoms with Crippen molar-refractivity contribution in [1.29, 1.82) is 0 Å². The highest BCUT2D eigenvalue weighted by Gasteiger charge is 2.22. The van der Waals surface area contributed by atoms with E-state index in [1.54, 1.807) is 0 Å². The van der Waals surface area contributed by atoms with Crippen LogP contribution in [0.3, 0.4) is 0 Å². The van der Waals surface area contributed by atoms with E-state index in [-0.39, 0.29) is 6.54 Å². The van der Waals surface area contributed by atoms with Gasteiger partial charge in [0.15, 0.2) is 0 Å². The Morgan fingerprint density at radius 3 is 1.04 bits per heavy atom. The summed E-state index contributed by atoms with van der Waals surface area (Å²) in [5.41, 5.74) is 5.06. The number of aliphatic hydroxyl groups excluding tert-OH is 2. The van der Waals surface area contributed by atoms with E-state index in [9.17, 15) is 58.2 Å². The number of nitrogens with two attached hydrogens (primary N) is 1. The molecule has 0 radical (unpaired) electrons. The second-order valence-corrected chi connectivity index (χ2v) is 8.52. The fourth-order valence-electron chi connectivity index (χ4n) is 2.67. The molecule has 0 fully saturated rings. The Labute approximate surface area is 254 Å². The minimum Gasteiger partial charge on any atom is -0.480 e. The van der Waals surface area contributed by atoms with Gasteiger partial charge < -0.3 is 68.9 Å². The lowest BCUT2D eigenvalue weighted by atomic mass is 10.2. The summed E-state index contributed by atoms with van der Waals surface area (Å²) in [5, 5.41) is 46.0. The van der Waals surface area contributed by atoms with Crippen molar-refractivity contribution in [2.24, 2.45) is 5.73 Å². The van der Waals surface area contributed by atoms with Crippen LogP contribution in [0, 0.1) is 0 Å². The molecule has 0 aliphatic carbocycles. The van der Waals surface area contributed by atoms with Crippen LogP contribution in [0.1, 0.15) is 0 Å². The quantitative estimate of drug-likeness (QED) is 0.0550. The van der Waals surface area contributed by atoms with Gasteiger partial charge in [0.25, 0.3) is 0 Å². The van der Waals surface area contributed by atoms with E-state index in [1.807, 2.05) is 5.32 Å². The monoisotopic (exact) mass is 648 g/mol. The smallest absolute Gasteiger partial charge is 0.322 e. The summed E-state index contributed by atoms with van der Waals surface area (Å²) in [6.07, 6.45) is 0. The summed E-state index contributed by atoms with van der Waals surface area (Å²) in [5.74, 6) is -8.97. The highest BCUT2D eigenvalue weighted by molar-refractivity contribution is 5.95. The maximum atomic E-state index is 12.1. The normalized spacial score (nSPS) is 11.4. The second kappa shape index (κ2) is 22.2. The largest absolute Gasteiger partial charge is 0.480 e. The first-order valence-corrected chi connectivity index (χ1v) is 12.8. The summed E-state index contributed by atoms with van der Waals surface area (Å²) in [4.78, 5) is 116. The Kier molecular flexibility index (Phi) is 19.5. The Morgan fingerprint density at radius 1 is 0.444 bits per heavy atom. The molecule has 14 N–H and O–H groups in total. The van der Waals surface area contributed by atoms with E-state index >= 15 is 0 Å². The van der Waals surface area contributed by atoms with E-state index < -0.39 is 130 Å². The van der Waals surface area contributed by atoms with Crippen molar-refractivity contribution in [2.75, 3.05) is 65.6 Å². The zero-order chi connectivity index (χ0) is 34.4. The van der Waals surface area contributed by atoms with Crippen LogP contribution in [0.5, 0.6) is 0 Å². The summed E-state index contributed by atoms with van der Waals surface area (Å²) >= 11 is 0. The number of hydrogen-bond donors (Lipinski definition) is 13. The zero-order valence-corrected chi connectivity index (χ0v) is 23.7. The van der Waals surface area contributed by atoms with Crippen molar-refractivity contribution in [1.82, 2.24) is 47.9 Å². The number of amides is 9. The summed E-state index contributed by atoms with van der Waals surface area (Å²) in [6, 6.07) is -3.01. The molecule has 2 atom stereocenters. The van der Waals surface area contributed by atoms with Gasteiger partial charge in [0.2, 0.25) is 53.2 Å². The van der Waals surface area contributed by atoms with Crippen LogP contribution < -0.4 is 53.6 Å². The lowest BCUT2D eigenvalue weighted by Gasteiger charge is -2.17. The van der Waals surface area contributed by atoms with Crippen LogP contribution in [0.25, 0.3) is 0 Å². The fraction of sp³-hybridized carbons (Fsp3) is 0.545. The lowest BCUT2D eigenvalue weighted by Crippen LogP contribution is -2.53. The number of carboxylic acids is 1. The Morgan fingerprint density at radius 2 is 0.733 bits per heavy atom. The molecule has 0 saturated carbocycles.